The van der Waals surface area contributed by atoms with E-state index in [4.69, 9.17) is 19.9 Å². The fourth-order valence-electron chi connectivity index (χ4n) is 3.36. The maximum Gasteiger partial charge on any atom is 0.231 e. The summed E-state index contributed by atoms with van der Waals surface area (Å²) in [6.45, 7) is 8.46. The van der Waals surface area contributed by atoms with Crippen molar-refractivity contribution in [2.75, 3.05) is 27.5 Å². The largest absolute Gasteiger partial charge is 0.492 e. The summed E-state index contributed by atoms with van der Waals surface area (Å²) in [5.41, 5.74) is 9.81. The number of hydrogen-bond acceptors (Lipinski definition) is 5. The number of hydrogen-bond donors (Lipinski definition) is 1. The van der Waals surface area contributed by atoms with E-state index in [2.05, 4.69) is 32.7 Å². The van der Waals surface area contributed by atoms with Crippen LogP contribution in [0.1, 0.15) is 37.5 Å². The molecular formula is C17H26N2O3. The van der Waals surface area contributed by atoms with Crippen LogP contribution in [0.3, 0.4) is 0 Å². The minimum atomic E-state index is -0.468. The predicted octanol–water partition coefficient (Wildman–Crippen LogP) is 2.24. The van der Waals surface area contributed by atoms with Gasteiger partial charge in [0.15, 0.2) is 11.5 Å². The third kappa shape index (κ3) is 2.15. The molecular weight excluding hydrogens is 280 g/mol. The van der Waals surface area contributed by atoms with Crippen LogP contribution in [0.15, 0.2) is 0 Å². The number of methoxy groups -OCH3 is 1. The first-order chi connectivity index (χ1) is 10.4. The molecule has 0 radical (unpaired) electrons. The molecule has 2 N–H and O–H groups in total. The molecule has 0 amide bonds. The van der Waals surface area contributed by atoms with Gasteiger partial charge in [0, 0.05) is 29.8 Å². The summed E-state index contributed by atoms with van der Waals surface area (Å²) in [6, 6.07) is 0. The number of fused-ring (bicyclic) bond motifs is 2. The standard InChI is InChI=1S/C17H26N2O3/c1-10(2)17(3,18)13-11-6-7-19(4)8-12(11)14(20-5)16-15(13)21-9-22-16/h10H,6-9,18H2,1-5H3. The Labute approximate surface area is 132 Å². The van der Waals surface area contributed by atoms with Crippen LogP contribution in [0, 0.1) is 5.92 Å². The molecule has 0 aromatic heterocycles. The fourth-order valence-corrected chi connectivity index (χ4v) is 3.36. The van der Waals surface area contributed by atoms with Gasteiger partial charge in [-0.25, -0.2) is 0 Å². The van der Waals surface area contributed by atoms with Gasteiger partial charge in [-0.15, -0.1) is 0 Å². The molecule has 1 aromatic rings. The van der Waals surface area contributed by atoms with Crippen LogP contribution in [0.25, 0.3) is 0 Å². The maximum absolute atomic E-state index is 6.71. The molecule has 1 unspecified atom stereocenters. The molecule has 0 saturated heterocycles. The molecule has 22 heavy (non-hydrogen) atoms. The van der Waals surface area contributed by atoms with Crippen LogP contribution in [0.2, 0.25) is 0 Å². The van der Waals surface area contributed by atoms with Crippen molar-refractivity contribution in [1.82, 2.24) is 4.90 Å². The summed E-state index contributed by atoms with van der Waals surface area (Å²) in [6.07, 6.45) is 0.952. The Morgan fingerprint density at radius 1 is 1.23 bits per heavy atom. The lowest BCUT2D eigenvalue weighted by Gasteiger charge is -2.37. The van der Waals surface area contributed by atoms with E-state index in [1.165, 1.54) is 11.1 Å². The van der Waals surface area contributed by atoms with Gasteiger partial charge in [0.1, 0.15) is 0 Å². The summed E-state index contributed by atoms with van der Waals surface area (Å²) < 4.78 is 17.2. The van der Waals surface area contributed by atoms with E-state index in [0.29, 0.717) is 5.75 Å². The van der Waals surface area contributed by atoms with Crippen LogP contribution in [0.5, 0.6) is 17.2 Å². The highest BCUT2D eigenvalue weighted by molar-refractivity contribution is 5.67. The second-order valence-corrected chi connectivity index (χ2v) is 6.86. The zero-order chi connectivity index (χ0) is 16.1. The molecule has 1 aromatic carbocycles. The zero-order valence-electron chi connectivity index (χ0n) is 14.2. The van der Waals surface area contributed by atoms with Crippen molar-refractivity contribution in [3.8, 4) is 17.2 Å². The van der Waals surface area contributed by atoms with Gasteiger partial charge in [-0.2, -0.15) is 0 Å². The lowest BCUT2D eigenvalue weighted by molar-refractivity contribution is 0.168. The maximum atomic E-state index is 6.71. The summed E-state index contributed by atoms with van der Waals surface area (Å²) in [7, 11) is 3.81. The van der Waals surface area contributed by atoms with Crippen LogP contribution in [-0.4, -0.2) is 32.4 Å². The monoisotopic (exact) mass is 306 g/mol. The number of nitrogens with zero attached hydrogens (tertiary/aromatic N) is 1. The van der Waals surface area contributed by atoms with E-state index in [1.807, 2.05) is 0 Å². The Bertz CT molecular complexity index is 596. The molecule has 0 bridgehead atoms. The zero-order valence-corrected chi connectivity index (χ0v) is 14.2. The van der Waals surface area contributed by atoms with Gasteiger partial charge in [-0.3, -0.25) is 0 Å². The highest BCUT2D eigenvalue weighted by Gasteiger charge is 2.40. The first-order valence-corrected chi connectivity index (χ1v) is 7.87. The molecule has 2 heterocycles. The Kier molecular flexibility index (Phi) is 3.73. The van der Waals surface area contributed by atoms with Gasteiger partial charge in [0.25, 0.3) is 0 Å². The van der Waals surface area contributed by atoms with Gasteiger partial charge in [0.05, 0.1) is 7.11 Å². The Morgan fingerprint density at radius 3 is 2.55 bits per heavy atom. The molecule has 1 atom stereocenters. The predicted molar refractivity (Wildman–Crippen MR) is 85.5 cm³/mol. The second kappa shape index (κ2) is 5.32. The van der Waals surface area contributed by atoms with E-state index >= 15 is 0 Å². The quantitative estimate of drug-likeness (QED) is 0.928. The third-order valence-electron chi connectivity index (χ3n) is 5.10. The molecule has 0 fully saturated rings. The molecule has 122 valence electrons. The highest BCUT2D eigenvalue weighted by Crippen LogP contribution is 2.53. The number of ether oxygens (including phenoxy) is 3. The van der Waals surface area contributed by atoms with E-state index in [0.717, 1.165) is 36.6 Å². The van der Waals surface area contributed by atoms with Crippen molar-refractivity contribution >= 4 is 0 Å². The van der Waals surface area contributed by atoms with E-state index in [1.54, 1.807) is 7.11 Å². The summed E-state index contributed by atoms with van der Waals surface area (Å²) in [5.74, 6) is 2.58. The van der Waals surface area contributed by atoms with Crippen molar-refractivity contribution in [3.63, 3.8) is 0 Å². The van der Waals surface area contributed by atoms with Crippen molar-refractivity contribution in [2.45, 2.75) is 39.3 Å². The van der Waals surface area contributed by atoms with E-state index in [9.17, 15) is 0 Å². The lowest BCUT2D eigenvalue weighted by Crippen LogP contribution is -2.41. The average molecular weight is 306 g/mol. The Morgan fingerprint density at radius 2 is 1.91 bits per heavy atom. The van der Waals surface area contributed by atoms with Gasteiger partial charge >= 0.3 is 0 Å². The number of rotatable bonds is 3. The van der Waals surface area contributed by atoms with Crippen molar-refractivity contribution in [2.24, 2.45) is 11.7 Å². The molecule has 2 aliphatic rings. The van der Waals surface area contributed by atoms with Crippen molar-refractivity contribution < 1.29 is 14.2 Å². The number of benzene rings is 1. The first kappa shape index (κ1) is 15.4. The minimum Gasteiger partial charge on any atom is -0.492 e. The molecule has 0 spiro atoms. The summed E-state index contributed by atoms with van der Waals surface area (Å²) in [5, 5.41) is 0. The SMILES string of the molecule is COc1c2c(c(C(C)(N)C(C)C)c3c1OCO3)CCN(C)C2. The average Bonchev–Trinajstić information content (AvgIpc) is 2.92. The normalized spacial score (nSPS) is 20.0. The highest BCUT2D eigenvalue weighted by atomic mass is 16.7. The molecule has 2 aliphatic heterocycles. The minimum absolute atomic E-state index is 0.228. The van der Waals surface area contributed by atoms with E-state index in [-0.39, 0.29) is 12.7 Å². The lowest BCUT2D eigenvalue weighted by atomic mass is 9.76. The molecule has 5 nitrogen and oxygen atoms in total. The van der Waals surface area contributed by atoms with Gasteiger partial charge in [0.2, 0.25) is 12.5 Å². The topological polar surface area (TPSA) is 57.0 Å². The fraction of sp³-hybridized carbons (Fsp3) is 0.647. The van der Waals surface area contributed by atoms with E-state index < -0.39 is 5.54 Å². The smallest absolute Gasteiger partial charge is 0.231 e. The van der Waals surface area contributed by atoms with Crippen molar-refractivity contribution in [1.29, 1.82) is 0 Å². The van der Waals surface area contributed by atoms with Gasteiger partial charge in [-0.1, -0.05) is 13.8 Å². The molecule has 0 aliphatic carbocycles. The van der Waals surface area contributed by atoms with Crippen molar-refractivity contribution in [3.05, 3.63) is 16.7 Å². The van der Waals surface area contributed by atoms with Gasteiger partial charge < -0.3 is 24.8 Å². The van der Waals surface area contributed by atoms with Crippen LogP contribution >= 0.6 is 0 Å². The molecule has 5 heteroatoms. The summed E-state index contributed by atoms with van der Waals surface area (Å²) >= 11 is 0. The second-order valence-electron chi connectivity index (χ2n) is 6.86. The first-order valence-electron chi connectivity index (χ1n) is 7.87. The molecule has 3 rings (SSSR count). The van der Waals surface area contributed by atoms with Crippen LogP contribution < -0.4 is 19.9 Å². The Hall–Kier alpha value is -1.46. The Balaban J connectivity index is 2.31. The molecule has 0 saturated carbocycles. The number of nitrogens with two attached hydrogens (primary N) is 1. The van der Waals surface area contributed by atoms with Gasteiger partial charge in [-0.05, 0) is 31.9 Å². The summed E-state index contributed by atoms with van der Waals surface area (Å²) in [4.78, 5) is 2.29. The number of likely N-dealkylation sites (N-methyl/N-ethyl adjacent to an activating group) is 1. The van der Waals surface area contributed by atoms with Crippen LogP contribution in [0.4, 0.5) is 0 Å². The third-order valence-corrected chi connectivity index (χ3v) is 5.10. The van der Waals surface area contributed by atoms with Crippen LogP contribution in [-0.2, 0) is 18.5 Å².